The molecule has 0 bridgehead atoms. The molecule has 3 unspecified atom stereocenters. The van der Waals surface area contributed by atoms with Crippen LogP contribution in [0.1, 0.15) is 65.7 Å². The quantitative estimate of drug-likeness (QED) is 0.464. The fraction of sp³-hybridized carbons (Fsp3) is 0.531. The Morgan fingerprint density at radius 3 is 2.42 bits per heavy atom. The summed E-state index contributed by atoms with van der Waals surface area (Å²) < 4.78 is 5.55. The molecule has 3 heterocycles. The molecule has 3 fully saturated rings. The number of carbonyl (C=O) groups excluding carboxylic acids is 5. The van der Waals surface area contributed by atoms with E-state index in [0.717, 1.165) is 29.7 Å². The van der Waals surface area contributed by atoms with Crippen LogP contribution < -0.4 is 15.4 Å². The van der Waals surface area contributed by atoms with Gasteiger partial charge in [-0.25, -0.2) is 4.79 Å². The molecule has 3 atom stereocenters. The number of hydrogen-bond acceptors (Lipinski definition) is 7. The van der Waals surface area contributed by atoms with Crippen LogP contribution in [-0.2, 0) is 19.2 Å². The Balaban J connectivity index is 1.27. The van der Waals surface area contributed by atoms with Crippen molar-refractivity contribution in [2.75, 3.05) is 13.1 Å². The minimum Gasteiger partial charge on any atom is -0.399 e. The van der Waals surface area contributed by atoms with Gasteiger partial charge in [0.25, 0.3) is 0 Å². The summed E-state index contributed by atoms with van der Waals surface area (Å²) in [5, 5.41) is 6.06. The molecule has 1 aliphatic carbocycles. The molecular weight excluding hydrogens is 568 g/mol. The second kappa shape index (κ2) is 12.9. The topological polar surface area (TPSA) is 125 Å². The fourth-order valence-electron chi connectivity index (χ4n) is 6.79. The van der Waals surface area contributed by atoms with E-state index in [4.69, 9.17) is 4.74 Å². The average molecular weight is 609 g/mol. The first-order valence-electron chi connectivity index (χ1n) is 15.1. The molecule has 4 amide bonds. The highest BCUT2D eigenvalue weighted by Gasteiger charge is 2.55. The summed E-state index contributed by atoms with van der Waals surface area (Å²) in [4.78, 5) is 70.2. The van der Waals surface area contributed by atoms with Gasteiger partial charge in [-0.05, 0) is 49.3 Å². The van der Waals surface area contributed by atoms with E-state index in [1.807, 2.05) is 50.2 Å². The zero-order chi connectivity index (χ0) is 30.7. The fourth-order valence-corrected chi connectivity index (χ4v) is 7.65. The first-order chi connectivity index (χ1) is 20.6. The van der Waals surface area contributed by atoms with E-state index in [1.165, 1.54) is 23.2 Å². The van der Waals surface area contributed by atoms with Crippen LogP contribution in [0.2, 0.25) is 0 Å². The highest BCUT2D eigenvalue weighted by atomic mass is 32.1. The summed E-state index contributed by atoms with van der Waals surface area (Å²) in [6.45, 7) is 5.53. The summed E-state index contributed by atoms with van der Waals surface area (Å²) in [6, 6.07) is 11.3. The molecule has 2 N–H and O–H groups in total. The van der Waals surface area contributed by atoms with E-state index < -0.39 is 29.8 Å². The predicted molar refractivity (Wildman–Crippen MR) is 162 cm³/mol. The second-order valence-electron chi connectivity index (χ2n) is 12.3. The molecule has 5 rings (SSSR count). The number of thiophene rings is 1. The molecule has 1 aromatic carbocycles. The van der Waals surface area contributed by atoms with Crippen LogP contribution in [-0.4, -0.2) is 76.2 Å². The monoisotopic (exact) mass is 608 g/mol. The van der Waals surface area contributed by atoms with Gasteiger partial charge in [-0.15, -0.1) is 0 Å². The van der Waals surface area contributed by atoms with Gasteiger partial charge in [0.05, 0.1) is 12.6 Å². The number of carbonyl (C=O) groups is 5. The zero-order valence-electron chi connectivity index (χ0n) is 25.0. The summed E-state index contributed by atoms with van der Waals surface area (Å²) >= 11 is 1.33. The van der Waals surface area contributed by atoms with Crippen molar-refractivity contribution < 1.29 is 28.7 Å². The number of rotatable bonds is 8. The van der Waals surface area contributed by atoms with Crippen molar-refractivity contribution in [3.05, 3.63) is 42.5 Å². The molecule has 230 valence electrons. The third-order valence-corrected chi connectivity index (χ3v) is 9.64. The van der Waals surface area contributed by atoms with E-state index in [0.29, 0.717) is 37.3 Å². The second-order valence-corrected chi connectivity index (χ2v) is 13.3. The van der Waals surface area contributed by atoms with Gasteiger partial charge >= 0.3 is 6.09 Å². The Kier molecular flexibility index (Phi) is 9.19. The van der Waals surface area contributed by atoms with Gasteiger partial charge in [-0.1, -0.05) is 74.8 Å². The Morgan fingerprint density at radius 1 is 1.02 bits per heavy atom. The van der Waals surface area contributed by atoms with E-state index >= 15 is 0 Å². The summed E-state index contributed by atoms with van der Waals surface area (Å²) in [7, 11) is 0. The largest absolute Gasteiger partial charge is 0.414 e. The summed E-state index contributed by atoms with van der Waals surface area (Å²) in [5.74, 6) is -0.972. The number of likely N-dealkylation sites (tertiary alicyclic amines) is 2. The molecule has 0 spiro atoms. The molecular formula is C32H40N4O6S. The van der Waals surface area contributed by atoms with Crippen LogP contribution in [0.15, 0.2) is 42.5 Å². The Morgan fingerprint density at radius 2 is 1.74 bits per heavy atom. The highest BCUT2D eigenvalue weighted by molar-refractivity contribution is 7.17. The van der Waals surface area contributed by atoms with Crippen LogP contribution in [0.25, 0.3) is 10.4 Å². The number of ether oxygens (including phenoxy) is 1. The highest BCUT2D eigenvalue weighted by Crippen LogP contribution is 2.37. The summed E-state index contributed by atoms with van der Waals surface area (Å²) in [5.41, 5.74) is 0.00380. The van der Waals surface area contributed by atoms with Crippen LogP contribution >= 0.6 is 11.3 Å². The third kappa shape index (κ3) is 6.61. The van der Waals surface area contributed by atoms with Gasteiger partial charge in [0.2, 0.25) is 17.7 Å². The number of nitrogens with one attached hydrogen (secondary N) is 2. The SMILES string of the molecule is CC(=O)NC1(C(=O)N2CC(=O)C3C2CCN3C(=O)C(CC(C)C)NC(=O)Oc2ccc(-c3ccccc3)s2)CCCCC1. The van der Waals surface area contributed by atoms with Gasteiger partial charge < -0.3 is 25.2 Å². The van der Waals surface area contributed by atoms with Gasteiger partial charge in [-0.2, -0.15) is 0 Å². The number of nitrogens with zero attached hydrogens (tertiary/aromatic N) is 2. The van der Waals surface area contributed by atoms with E-state index in [-0.39, 0.29) is 36.0 Å². The lowest BCUT2D eigenvalue weighted by Crippen LogP contribution is -2.61. The van der Waals surface area contributed by atoms with Crippen molar-refractivity contribution in [3.8, 4) is 15.5 Å². The minimum absolute atomic E-state index is 0.0836. The number of benzene rings is 1. The number of fused-ring (bicyclic) bond motifs is 1. The summed E-state index contributed by atoms with van der Waals surface area (Å²) in [6.07, 6.45) is 3.81. The first-order valence-corrected chi connectivity index (χ1v) is 16.0. The Hall–Kier alpha value is -3.73. The maximum absolute atomic E-state index is 13.9. The predicted octanol–water partition coefficient (Wildman–Crippen LogP) is 4.14. The van der Waals surface area contributed by atoms with Crippen LogP contribution in [0.3, 0.4) is 0 Å². The molecule has 11 heteroatoms. The minimum atomic E-state index is -1.01. The normalized spacial score (nSPS) is 21.8. The zero-order valence-corrected chi connectivity index (χ0v) is 25.8. The van der Waals surface area contributed by atoms with Gasteiger partial charge in [0.1, 0.15) is 17.6 Å². The first kappa shape index (κ1) is 30.7. The maximum Gasteiger partial charge on any atom is 0.414 e. The van der Waals surface area contributed by atoms with Crippen molar-refractivity contribution in [3.63, 3.8) is 0 Å². The number of amides is 4. The Bertz CT molecular complexity index is 1370. The lowest BCUT2D eigenvalue weighted by molar-refractivity contribution is -0.144. The van der Waals surface area contributed by atoms with Gasteiger partial charge in [0.15, 0.2) is 10.8 Å². The van der Waals surface area contributed by atoms with E-state index in [2.05, 4.69) is 10.6 Å². The van der Waals surface area contributed by atoms with Crippen LogP contribution in [0.5, 0.6) is 5.06 Å². The number of hydrogen-bond donors (Lipinski definition) is 2. The van der Waals surface area contributed by atoms with Gasteiger partial charge in [0, 0.05) is 18.3 Å². The van der Waals surface area contributed by atoms with Crippen molar-refractivity contribution in [1.29, 1.82) is 0 Å². The van der Waals surface area contributed by atoms with E-state index in [9.17, 15) is 24.0 Å². The molecule has 2 aliphatic heterocycles. The molecule has 2 saturated heterocycles. The van der Waals surface area contributed by atoms with Crippen molar-refractivity contribution in [2.45, 2.75) is 89.4 Å². The lowest BCUT2D eigenvalue weighted by atomic mass is 9.80. The number of Topliss-reactive ketones (excluding diaryl/α,β-unsaturated/α-hetero) is 1. The standard InChI is InChI=1S/C32H40N4O6S/c1-20(2)18-23(33-31(41)42-27-13-12-26(43-27)22-10-6-4-7-11-22)29(39)35-17-14-24-28(35)25(38)19-36(24)30(40)32(34-21(3)37)15-8-5-9-16-32/h4,6-7,10-13,20,23-24,28H,5,8-9,14-19H2,1-3H3,(H,33,41)(H,34,37). The van der Waals surface area contributed by atoms with Gasteiger partial charge in [-0.3, -0.25) is 19.2 Å². The molecule has 1 aromatic heterocycles. The lowest BCUT2D eigenvalue weighted by Gasteiger charge is -2.40. The average Bonchev–Trinajstić information content (AvgIpc) is 3.70. The van der Waals surface area contributed by atoms with Crippen molar-refractivity contribution >= 4 is 40.9 Å². The Labute approximate surface area is 256 Å². The molecule has 2 aromatic rings. The molecule has 3 aliphatic rings. The smallest absolute Gasteiger partial charge is 0.399 e. The van der Waals surface area contributed by atoms with Crippen LogP contribution in [0, 0.1) is 5.92 Å². The van der Waals surface area contributed by atoms with E-state index in [1.54, 1.807) is 11.0 Å². The van der Waals surface area contributed by atoms with Crippen molar-refractivity contribution in [1.82, 2.24) is 20.4 Å². The number of ketones is 1. The maximum atomic E-state index is 13.9. The van der Waals surface area contributed by atoms with Crippen LogP contribution in [0.4, 0.5) is 4.79 Å². The third-order valence-electron chi connectivity index (χ3n) is 8.63. The van der Waals surface area contributed by atoms with Crippen molar-refractivity contribution in [2.24, 2.45) is 5.92 Å². The molecule has 0 radical (unpaired) electrons. The molecule has 1 saturated carbocycles. The molecule has 43 heavy (non-hydrogen) atoms. The molecule has 10 nitrogen and oxygen atoms in total.